The van der Waals surface area contributed by atoms with Crippen LogP contribution in [0.3, 0.4) is 0 Å². The summed E-state index contributed by atoms with van der Waals surface area (Å²) in [6, 6.07) is 7.77. The quantitative estimate of drug-likeness (QED) is 0.757. The Morgan fingerprint density at radius 1 is 1.09 bits per heavy atom. The Kier molecular flexibility index (Phi) is 6.91. The third-order valence-corrected chi connectivity index (χ3v) is 4.11. The Labute approximate surface area is 137 Å². The summed E-state index contributed by atoms with van der Waals surface area (Å²) in [6.07, 6.45) is 5.32. The molecule has 5 heteroatoms. The monoisotopic (exact) mass is 318 g/mol. The number of benzene rings is 1. The van der Waals surface area contributed by atoms with Gasteiger partial charge in [0.2, 0.25) is 11.8 Å². The van der Waals surface area contributed by atoms with Gasteiger partial charge in [-0.15, -0.1) is 0 Å². The summed E-state index contributed by atoms with van der Waals surface area (Å²) >= 11 is 0. The first-order valence-electron chi connectivity index (χ1n) is 8.39. The number of carbonyl (C=O) groups is 2. The molecule has 5 nitrogen and oxygen atoms in total. The lowest BCUT2D eigenvalue weighted by Gasteiger charge is -2.20. The van der Waals surface area contributed by atoms with Crippen molar-refractivity contribution in [2.24, 2.45) is 5.92 Å². The summed E-state index contributed by atoms with van der Waals surface area (Å²) in [5.74, 6) is 0.703. The molecule has 0 bridgehead atoms. The third-order valence-electron chi connectivity index (χ3n) is 4.11. The highest BCUT2D eigenvalue weighted by atomic mass is 16.5. The van der Waals surface area contributed by atoms with Gasteiger partial charge in [-0.2, -0.15) is 0 Å². The molecular formula is C18H26N2O3. The van der Waals surface area contributed by atoms with Crippen LogP contribution < -0.4 is 15.4 Å². The fourth-order valence-corrected chi connectivity index (χ4v) is 2.73. The molecular weight excluding hydrogens is 292 g/mol. The van der Waals surface area contributed by atoms with E-state index in [2.05, 4.69) is 10.6 Å². The SMILES string of the molecule is Cc1ccc(OCCNC(=O)CNC(=O)C2CCCCC2)cc1. The van der Waals surface area contributed by atoms with Gasteiger partial charge in [-0.1, -0.05) is 37.0 Å². The highest BCUT2D eigenvalue weighted by molar-refractivity contribution is 5.85. The maximum Gasteiger partial charge on any atom is 0.239 e. The molecule has 126 valence electrons. The maximum absolute atomic E-state index is 11.9. The van der Waals surface area contributed by atoms with E-state index in [9.17, 15) is 9.59 Å². The first-order chi connectivity index (χ1) is 11.1. The molecule has 1 aromatic carbocycles. The molecule has 0 unspecified atom stereocenters. The Hall–Kier alpha value is -2.04. The van der Waals surface area contributed by atoms with E-state index in [-0.39, 0.29) is 24.3 Å². The van der Waals surface area contributed by atoms with Crippen LogP contribution in [-0.2, 0) is 9.59 Å². The van der Waals surface area contributed by atoms with E-state index in [4.69, 9.17) is 4.74 Å². The summed E-state index contributed by atoms with van der Waals surface area (Å²) in [6.45, 7) is 2.89. The van der Waals surface area contributed by atoms with Gasteiger partial charge in [-0.3, -0.25) is 9.59 Å². The number of aryl methyl sites for hydroxylation is 1. The van der Waals surface area contributed by atoms with Crippen LogP contribution >= 0.6 is 0 Å². The average Bonchev–Trinajstić information content (AvgIpc) is 2.59. The molecule has 0 saturated heterocycles. The lowest BCUT2D eigenvalue weighted by molar-refractivity contribution is -0.129. The second-order valence-corrected chi connectivity index (χ2v) is 6.06. The molecule has 2 amide bonds. The van der Waals surface area contributed by atoms with E-state index >= 15 is 0 Å². The smallest absolute Gasteiger partial charge is 0.239 e. The van der Waals surface area contributed by atoms with Crippen LogP contribution in [-0.4, -0.2) is 31.5 Å². The zero-order chi connectivity index (χ0) is 16.5. The zero-order valence-electron chi connectivity index (χ0n) is 13.8. The van der Waals surface area contributed by atoms with E-state index in [0.29, 0.717) is 13.2 Å². The largest absolute Gasteiger partial charge is 0.492 e. The molecule has 1 saturated carbocycles. The van der Waals surface area contributed by atoms with Crippen molar-refractivity contribution in [3.8, 4) is 5.75 Å². The molecule has 0 spiro atoms. The van der Waals surface area contributed by atoms with Crippen molar-refractivity contribution in [2.75, 3.05) is 19.7 Å². The number of rotatable bonds is 7. The van der Waals surface area contributed by atoms with Gasteiger partial charge in [0.25, 0.3) is 0 Å². The molecule has 1 aliphatic carbocycles. The topological polar surface area (TPSA) is 67.4 Å². The van der Waals surface area contributed by atoms with Gasteiger partial charge in [0.1, 0.15) is 12.4 Å². The zero-order valence-corrected chi connectivity index (χ0v) is 13.8. The molecule has 2 rings (SSSR count). The van der Waals surface area contributed by atoms with Gasteiger partial charge in [0.15, 0.2) is 0 Å². The summed E-state index contributed by atoms with van der Waals surface area (Å²) in [7, 11) is 0. The predicted molar refractivity (Wildman–Crippen MR) is 89.3 cm³/mol. The van der Waals surface area contributed by atoms with Crippen LogP contribution in [0, 0.1) is 12.8 Å². The first kappa shape index (κ1) is 17.3. The number of hydrogen-bond acceptors (Lipinski definition) is 3. The van der Waals surface area contributed by atoms with Crippen molar-refractivity contribution in [3.63, 3.8) is 0 Å². The van der Waals surface area contributed by atoms with E-state index in [1.807, 2.05) is 31.2 Å². The number of hydrogen-bond donors (Lipinski definition) is 2. The van der Waals surface area contributed by atoms with Crippen molar-refractivity contribution in [1.82, 2.24) is 10.6 Å². The van der Waals surface area contributed by atoms with Gasteiger partial charge in [-0.05, 0) is 31.9 Å². The predicted octanol–water partition coefficient (Wildman–Crippen LogP) is 2.19. The van der Waals surface area contributed by atoms with E-state index in [1.165, 1.54) is 12.0 Å². The summed E-state index contributed by atoms with van der Waals surface area (Å²) in [5, 5.41) is 5.47. The minimum atomic E-state index is -0.179. The summed E-state index contributed by atoms with van der Waals surface area (Å²) in [5.41, 5.74) is 1.18. The van der Waals surface area contributed by atoms with E-state index in [1.54, 1.807) is 0 Å². The van der Waals surface area contributed by atoms with Crippen LogP contribution in [0.1, 0.15) is 37.7 Å². The minimum absolute atomic E-state index is 0.00996. The molecule has 0 radical (unpaired) electrons. The highest BCUT2D eigenvalue weighted by Crippen LogP contribution is 2.23. The third kappa shape index (κ3) is 6.30. The van der Waals surface area contributed by atoms with Crippen LogP contribution in [0.25, 0.3) is 0 Å². The van der Waals surface area contributed by atoms with Crippen molar-refractivity contribution in [3.05, 3.63) is 29.8 Å². The Morgan fingerprint density at radius 2 is 1.78 bits per heavy atom. The van der Waals surface area contributed by atoms with Crippen molar-refractivity contribution in [1.29, 1.82) is 0 Å². The number of nitrogens with one attached hydrogen (secondary N) is 2. The standard InChI is InChI=1S/C18H26N2O3/c1-14-7-9-16(10-8-14)23-12-11-19-17(21)13-20-18(22)15-5-3-2-4-6-15/h7-10,15H,2-6,11-13H2,1H3,(H,19,21)(H,20,22). The molecule has 23 heavy (non-hydrogen) atoms. The van der Waals surface area contributed by atoms with Crippen LogP contribution in [0.2, 0.25) is 0 Å². The van der Waals surface area contributed by atoms with Gasteiger partial charge in [0, 0.05) is 5.92 Å². The second-order valence-electron chi connectivity index (χ2n) is 6.06. The molecule has 2 N–H and O–H groups in total. The summed E-state index contributed by atoms with van der Waals surface area (Å²) in [4.78, 5) is 23.6. The van der Waals surface area contributed by atoms with Crippen molar-refractivity contribution < 1.29 is 14.3 Å². The normalized spacial score (nSPS) is 15.0. The van der Waals surface area contributed by atoms with Crippen molar-refractivity contribution in [2.45, 2.75) is 39.0 Å². The molecule has 0 aromatic heterocycles. The van der Waals surface area contributed by atoms with Gasteiger partial charge in [-0.25, -0.2) is 0 Å². The van der Waals surface area contributed by atoms with Crippen LogP contribution in [0.4, 0.5) is 0 Å². The molecule has 1 fully saturated rings. The molecule has 1 aliphatic rings. The maximum atomic E-state index is 11.9. The Morgan fingerprint density at radius 3 is 2.48 bits per heavy atom. The van der Waals surface area contributed by atoms with Crippen LogP contribution in [0.15, 0.2) is 24.3 Å². The molecule has 0 heterocycles. The first-order valence-corrected chi connectivity index (χ1v) is 8.39. The van der Waals surface area contributed by atoms with E-state index < -0.39 is 0 Å². The Balaban J connectivity index is 1.56. The highest BCUT2D eigenvalue weighted by Gasteiger charge is 2.21. The Bertz CT molecular complexity index is 508. The second kappa shape index (κ2) is 9.18. The summed E-state index contributed by atoms with van der Waals surface area (Å²) < 4.78 is 5.53. The lowest BCUT2D eigenvalue weighted by Crippen LogP contribution is -2.41. The van der Waals surface area contributed by atoms with Crippen molar-refractivity contribution >= 4 is 11.8 Å². The van der Waals surface area contributed by atoms with Gasteiger partial charge < -0.3 is 15.4 Å². The lowest BCUT2D eigenvalue weighted by atomic mass is 9.89. The fraction of sp³-hybridized carbons (Fsp3) is 0.556. The van der Waals surface area contributed by atoms with Gasteiger partial charge >= 0.3 is 0 Å². The fourth-order valence-electron chi connectivity index (χ4n) is 2.73. The number of amides is 2. The van der Waals surface area contributed by atoms with E-state index in [0.717, 1.165) is 31.4 Å². The molecule has 0 atom stereocenters. The van der Waals surface area contributed by atoms with Crippen LogP contribution in [0.5, 0.6) is 5.75 Å². The molecule has 1 aromatic rings. The number of carbonyl (C=O) groups excluding carboxylic acids is 2. The van der Waals surface area contributed by atoms with Gasteiger partial charge in [0.05, 0.1) is 13.1 Å². The molecule has 0 aliphatic heterocycles. The minimum Gasteiger partial charge on any atom is -0.492 e. The number of ether oxygens (including phenoxy) is 1. The average molecular weight is 318 g/mol.